The molecule has 0 bridgehead atoms. The summed E-state index contributed by atoms with van der Waals surface area (Å²) < 4.78 is 5.11. The number of carbonyl (C=O) groups excluding carboxylic acids is 1. The normalized spacial score (nSPS) is 19.0. The molecule has 1 aliphatic carbocycles. The second-order valence-corrected chi connectivity index (χ2v) is 11.3. The predicted molar refractivity (Wildman–Crippen MR) is 141 cm³/mol. The van der Waals surface area contributed by atoms with Gasteiger partial charge in [0.15, 0.2) is 0 Å². The molecule has 0 saturated carbocycles. The first-order chi connectivity index (χ1) is 15.4. The van der Waals surface area contributed by atoms with Crippen LogP contribution in [0.5, 0.6) is 0 Å². The summed E-state index contributed by atoms with van der Waals surface area (Å²) >= 11 is 0. The first-order valence-electron chi connectivity index (χ1n) is 12.5. The highest BCUT2D eigenvalue weighted by Gasteiger charge is 2.48. The van der Waals surface area contributed by atoms with Crippen LogP contribution in [0.15, 0.2) is 36.4 Å². The number of ether oxygens (including phenoxy) is 1. The maximum absolute atomic E-state index is 12.0. The van der Waals surface area contributed by atoms with Gasteiger partial charge in [-0.05, 0) is 94.9 Å². The molecule has 0 heterocycles. The number of benzene rings is 2. The van der Waals surface area contributed by atoms with Crippen molar-refractivity contribution in [3.8, 4) is 0 Å². The molecule has 0 saturated heterocycles. The number of hydrogen-bond donors (Lipinski definition) is 0. The molecule has 2 nitrogen and oxygen atoms in total. The molecule has 1 aliphatic rings. The van der Waals surface area contributed by atoms with Gasteiger partial charge in [-0.3, -0.25) is 0 Å². The van der Waals surface area contributed by atoms with Gasteiger partial charge in [0.2, 0.25) is 0 Å². The topological polar surface area (TPSA) is 26.3 Å². The van der Waals surface area contributed by atoms with Crippen LogP contribution in [-0.2, 0) is 22.0 Å². The van der Waals surface area contributed by atoms with Crippen molar-refractivity contribution in [2.45, 2.75) is 86.0 Å². The first-order valence-corrected chi connectivity index (χ1v) is 12.5. The van der Waals surface area contributed by atoms with Crippen LogP contribution in [0.3, 0.4) is 0 Å². The Balaban J connectivity index is 2.05. The van der Waals surface area contributed by atoms with Gasteiger partial charge >= 0.3 is 5.97 Å². The molecule has 178 valence electrons. The fraction of sp³-hybridized carbons (Fsp3) is 0.516. The van der Waals surface area contributed by atoms with Crippen molar-refractivity contribution in [2.75, 3.05) is 6.61 Å². The van der Waals surface area contributed by atoms with E-state index in [9.17, 15) is 4.79 Å². The van der Waals surface area contributed by atoms with Crippen molar-refractivity contribution in [2.24, 2.45) is 11.8 Å². The Morgan fingerprint density at radius 3 is 2.15 bits per heavy atom. The average Bonchev–Trinajstić information content (AvgIpc) is 2.89. The molecule has 33 heavy (non-hydrogen) atoms. The summed E-state index contributed by atoms with van der Waals surface area (Å²) in [7, 11) is 0. The number of fused-ring (bicyclic) bond motifs is 1. The Morgan fingerprint density at radius 1 is 1.03 bits per heavy atom. The SMILES string of the molecule is CCOC(=O)c1ccc(C=C(C)c2cc3c(cc2CCC(C)C)C(C)(C)C(C)C3(C)C)cc1. The fourth-order valence-electron chi connectivity index (χ4n) is 5.36. The maximum atomic E-state index is 12.0. The van der Waals surface area contributed by atoms with Gasteiger partial charge in [-0.25, -0.2) is 4.79 Å². The highest BCUT2D eigenvalue weighted by molar-refractivity contribution is 5.90. The molecule has 2 aromatic rings. The molecule has 2 heteroatoms. The number of rotatable bonds is 7. The minimum atomic E-state index is -0.265. The van der Waals surface area contributed by atoms with Gasteiger partial charge in [-0.2, -0.15) is 0 Å². The molecule has 3 rings (SSSR count). The number of esters is 1. The molecule has 0 spiro atoms. The van der Waals surface area contributed by atoms with E-state index in [0.717, 1.165) is 12.0 Å². The molecule has 0 N–H and O–H groups in total. The van der Waals surface area contributed by atoms with Gasteiger partial charge in [-0.15, -0.1) is 0 Å². The number of hydrogen-bond acceptors (Lipinski definition) is 2. The van der Waals surface area contributed by atoms with Crippen LogP contribution in [-0.4, -0.2) is 12.6 Å². The third-order valence-corrected chi connectivity index (χ3v) is 8.02. The lowest BCUT2D eigenvalue weighted by molar-refractivity contribution is 0.0526. The number of carbonyl (C=O) groups is 1. The molecule has 1 unspecified atom stereocenters. The van der Waals surface area contributed by atoms with E-state index in [4.69, 9.17) is 4.74 Å². The highest BCUT2D eigenvalue weighted by atomic mass is 16.5. The zero-order valence-electron chi connectivity index (χ0n) is 22.1. The van der Waals surface area contributed by atoms with Crippen LogP contribution < -0.4 is 0 Å². The molecule has 0 fully saturated rings. The van der Waals surface area contributed by atoms with Gasteiger partial charge in [0.05, 0.1) is 12.2 Å². The standard InChI is InChI=1S/C31H42O2/c1-10-33-29(32)24-15-12-23(13-16-24)17-21(4)26-19-28-27(18-25(26)14-11-20(2)3)30(6,7)22(5)31(28,8)9/h12-13,15-20,22H,10-11,14H2,1-9H3. The van der Waals surface area contributed by atoms with E-state index in [1.54, 1.807) is 0 Å². The van der Waals surface area contributed by atoms with E-state index in [-0.39, 0.29) is 16.8 Å². The van der Waals surface area contributed by atoms with E-state index < -0.39 is 0 Å². The summed E-state index contributed by atoms with van der Waals surface area (Å²) in [5.41, 5.74) is 9.12. The highest BCUT2D eigenvalue weighted by Crippen LogP contribution is 2.54. The largest absolute Gasteiger partial charge is 0.462 e. The molecule has 0 amide bonds. The Kier molecular flexibility index (Phi) is 7.27. The molecular weight excluding hydrogens is 404 g/mol. The predicted octanol–water partition coefficient (Wildman–Crippen LogP) is 8.22. The minimum Gasteiger partial charge on any atom is -0.462 e. The van der Waals surface area contributed by atoms with Crippen molar-refractivity contribution >= 4 is 17.6 Å². The second-order valence-electron chi connectivity index (χ2n) is 11.3. The zero-order valence-corrected chi connectivity index (χ0v) is 22.1. The Bertz CT molecular complexity index is 1040. The smallest absolute Gasteiger partial charge is 0.338 e. The Morgan fingerprint density at radius 2 is 1.61 bits per heavy atom. The lowest BCUT2D eigenvalue weighted by Crippen LogP contribution is -2.30. The van der Waals surface area contributed by atoms with E-state index in [1.807, 2.05) is 31.2 Å². The quantitative estimate of drug-likeness (QED) is 0.316. The maximum Gasteiger partial charge on any atom is 0.338 e. The molecule has 0 radical (unpaired) electrons. The molecule has 1 atom stereocenters. The third-order valence-electron chi connectivity index (χ3n) is 8.02. The number of aryl methyl sites for hydroxylation is 1. The van der Waals surface area contributed by atoms with E-state index >= 15 is 0 Å². The Labute approximate surface area is 201 Å². The van der Waals surface area contributed by atoms with Crippen LogP contribution in [0.25, 0.3) is 11.6 Å². The fourth-order valence-corrected chi connectivity index (χ4v) is 5.36. The third kappa shape index (κ3) is 4.95. The van der Waals surface area contributed by atoms with Gasteiger partial charge in [0.1, 0.15) is 0 Å². The van der Waals surface area contributed by atoms with Crippen molar-refractivity contribution < 1.29 is 9.53 Å². The molecule has 0 aromatic heterocycles. The van der Waals surface area contributed by atoms with Crippen molar-refractivity contribution in [1.82, 2.24) is 0 Å². The van der Waals surface area contributed by atoms with Crippen molar-refractivity contribution in [3.63, 3.8) is 0 Å². The second kappa shape index (κ2) is 9.49. The van der Waals surface area contributed by atoms with E-state index in [2.05, 4.69) is 73.6 Å². The van der Waals surface area contributed by atoms with Crippen LogP contribution in [0.1, 0.15) is 107 Å². The zero-order chi connectivity index (χ0) is 24.6. The van der Waals surface area contributed by atoms with Gasteiger partial charge < -0.3 is 4.74 Å². The van der Waals surface area contributed by atoms with Gasteiger partial charge in [-0.1, -0.05) is 78.8 Å². The lowest BCUT2D eigenvalue weighted by Gasteiger charge is -2.32. The van der Waals surface area contributed by atoms with Crippen LogP contribution in [0.2, 0.25) is 0 Å². The lowest BCUT2D eigenvalue weighted by atomic mass is 9.71. The summed E-state index contributed by atoms with van der Waals surface area (Å²) in [5, 5.41) is 0. The summed E-state index contributed by atoms with van der Waals surface area (Å²) in [6.07, 6.45) is 4.52. The van der Waals surface area contributed by atoms with Crippen LogP contribution in [0, 0.1) is 11.8 Å². The monoisotopic (exact) mass is 446 g/mol. The minimum absolute atomic E-state index is 0.145. The molecule has 0 aliphatic heterocycles. The van der Waals surface area contributed by atoms with Crippen molar-refractivity contribution in [3.05, 3.63) is 69.8 Å². The van der Waals surface area contributed by atoms with Crippen LogP contribution in [0.4, 0.5) is 0 Å². The van der Waals surface area contributed by atoms with Crippen LogP contribution >= 0.6 is 0 Å². The molecule has 2 aromatic carbocycles. The summed E-state index contributed by atoms with van der Waals surface area (Å²) in [4.78, 5) is 12.0. The summed E-state index contributed by atoms with van der Waals surface area (Å²) in [6, 6.07) is 12.7. The van der Waals surface area contributed by atoms with E-state index in [0.29, 0.717) is 24.0 Å². The van der Waals surface area contributed by atoms with E-state index in [1.165, 1.54) is 34.2 Å². The summed E-state index contributed by atoms with van der Waals surface area (Å²) in [6.45, 7) is 21.1. The van der Waals surface area contributed by atoms with Gasteiger partial charge in [0.25, 0.3) is 0 Å². The summed E-state index contributed by atoms with van der Waals surface area (Å²) in [5.74, 6) is 0.986. The average molecular weight is 447 g/mol. The Hall–Kier alpha value is -2.35. The van der Waals surface area contributed by atoms with Crippen molar-refractivity contribution in [1.29, 1.82) is 0 Å². The molecular formula is C31H42O2. The van der Waals surface area contributed by atoms with Gasteiger partial charge in [0, 0.05) is 0 Å². The first kappa shape index (κ1) is 25.3. The number of allylic oxidation sites excluding steroid dienone is 1.